The summed E-state index contributed by atoms with van der Waals surface area (Å²) in [5, 5.41) is 12.8. The van der Waals surface area contributed by atoms with Gasteiger partial charge in [-0.1, -0.05) is 11.6 Å². The number of hydroxylamine groups is 1. The van der Waals surface area contributed by atoms with E-state index in [9.17, 15) is 22.8 Å². The Kier molecular flexibility index (Phi) is 6.70. The third-order valence-corrected chi connectivity index (χ3v) is 4.03. The summed E-state index contributed by atoms with van der Waals surface area (Å²) in [6.07, 6.45) is -3.66. The molecule has 0 aliphatic rings. The van der Waals surface area contributed by atoms with Crippen LogP contribution < -0.4 is 20.9 Å². The molecule has 1 heterocycles. The number of nitrogens with one attached hydrogen (secondary N) is 3. The number of rotatable bonds is 5. The highest BCUT2D eigenvalue weighted by atomic mass is 35.5. The van der Waals surface area contributed by atoms with E-state index in [-0.39, 0.29) is 23.3 Å². The predicted molar refractivity (Wildman–Crippen MR) is 105 cm³/mol. The van der Waals surface area contributed by atoms with Gasteiger partial charge < -0.3 is 15.4 Å². The number of aromatic nitrogens is 3. The molecule has 4 N–H and O–H groups in total. The highest BCUT2D eigenvalue weighted by Gasteiger charge is 2.33. The van der Waals surface area contributed by atoms with Crippen LogP contribution in [0.15, 0.2) is 48.8 Å². The maximum absolute atomic E-state index is 12.9. The van der Waals surface area contributed by atoms with Gasteiger partial charge in [-0.25, -0.2) is 15.3 Å². The molecule has 166 valence electrons. The topological polar surface area (TPSA) is 138 Å². The maximum Gasteiger partial charge on any atom is 0.417 e. The van der Waals surface area contributed by atoms with Crippen LogP contribution in [0.2, 0.25) is 5.02 Å². The van der Waals surface area contributed by atoms with Gasteiger partial charge in [0.1, 0.15) is 12.1 Å². The molecule has 14 heteroatoms. The van der Waals surface area contributed by atoms with Crippen molar-refractivity contribution in [2.45, 2.75) is 6.18 Å². The first-order valence-corrected chi connectivity index (χ1v) is 8.89. The Balaban J connectivity index is 1.62. The van der Waals surface area contributed by atoms with E-state index in [1.165, 1.54) is 35.8 Å². The van der Waals surface area contributed by atoms with E-state index in [1.807, 2.05) is 0 Å². The number of urea groups is 1. The number of carbonyl (C=O) groups is 2. The lowest BCUT2D eigenvalue weighted by Gasteiger charge is -2.12. The van der Waals surface area contributed by atoms with Gasteiger partial charge in [-0.15, -0.1) is 0 Å². The van der Waals surface area contributed by atoms with Crippen molar-refractivity contribution < 1.29 is 32.7 Å². The number of carbonyl (C=O) groups excluding carboxylic acids is 2. The van der Waals surface area contributed by atoms with Crippen LogP contribution in [0.25, 0.3) is 0 Å². The summed E-state index contributed by atoms with van der Waals surface area (Å²) in [4.78, 5) is 34.4. The van der Waals surface area contributed by atoms with Gasteiger partial charge in [0, 0.05) is 11.4 Å². The molecule has 0 aliphatic heterocycles. The molecule has 0 atom stereocenters. The number of nitrogens with zero attached hydrogens (tertiary/aromatic N) is 3. The summed E-state index contributed by atoms with van der Waals surface area (Å²) in [6.45, 7) is 0. The third kappa shape index (κ3) is 5.80. The average molecular weight is 469 g/mol. The molecule has 0 saturated carbocycles. The Morgan fingerprint density at radius 3 is 2.31 bits per heavy atom. The molecular weight excluding hydrogens is 457 g/mol. The predicted octanol–water partition coefficient (Wildman–Crippen LogP) is 4.10. The van der Waals surface area contributed by atoms with E-state index in [2.05, 4.69) is 25.6 Å². The van der Waals surface area contributed by atoms with Crippen molar-refractivity contribution in [2.75, 3.05) is 10.6 Å². The Hall–Kier alpha value is -3.97. The molecule has 0 bridgehead atoms. The quantitative estimate of drug-likeness (QED) is 0.326. The normalized spacial score (nSPS) is 10.9. The van der Waals surface area contributed by atoms with E-state index >= 15 is 0 Å². The van der Waals surface area contributed by atoms with Crippen molar-refractivity contribution in [3.8, 4) is 11.8 Å². The zero-order chi connectivity index (χ0) is 23.3. The highest BCUT2D eigenvalue weighted by molar-refractivity contribution is 6.31. The lowest BCUT2D eigenvalue weighted by atomic mass is 10.2. The maximum atomic E-state index is 12.9. The van der Waals surface area contributed by atoms with Crippen LogP contribution in [0.4, 0.5) is 29.3 Å². The van der Waals surface area contributed by atoms with Gasteiger partial charge in [0.15, 0.2) is 0 Å². The fourth-order valence-corrected chi connectivity index (χ4v) is 2.54. The molecule has 32 heavy (non-hydrogen) atoms. The SMILES string of the molecule is O=C(Nc1ccc(Oc2ncnc(C(=O)NO)n2)cc1)Nc1ccc(Cl)c(C(F)(F)F)c1. The second kappa shape index (κ2) is 9.45. The molecular formula is C18H12ClF3N6O4. The number of ether oxygens (including phenoxy) is 1. The van der Waals surface area contributed by atoms with Crippen LogP contribution in [0, 0.1) is 0 Å². The van der Waals surface area contributed by atoms with E-state index in [0.29, 0.717) is 5.69 Å². The Morgan fingerprint density at radius 2 is 1.66 bits per heavy atom. The van der Waals surface area contributed by atoms with Crippen LogP contribution >= 0.6 is 11.6 Å². The van der Waals surface area contributed by atoms with Crippen LogP contribution in [-0.4, -0.2) is 32.1 Å². The van der Waals surface area contributed by atoms with Gasteiger partial charge in [0.25, 0.3) is 0 Å². The van der Waals surface area contributed by atoms with Crippen molar-refractivity contribution in [1.82, 2.24) is 20.4 Å². The number of hydrogen-bond donors (Lipinski definition) is 4. The number of benzene rings is 2. The van der Waals surface area contributed by atoms with Gasteiger partial charge in [0.2, 0.25) is 5.82 Å². The summed E-state index contributed by atoms with van der Waals surface area (Å²) in [5.74, 6) is -1.08. The van der Waals surface area contributed by atoms with Crippen LogP contribution in [0.5, 0.6) is 11.8 Å². The fourth-order valence-electron chi connectivity index (χ4n) is 2.32. The molecule has 0 saturated heterocycles. The van der Waals surface area contributed by atoms with Crippen molar-refractivity contribution >= 4 is 34.9 Å². The number of alkyl halides is 3. The summed E-state index contributed by atoms with van der Waals surface area (Å²) in [5.41, 5.74) is 0.501. The molecule has 3 amide bonds. The largest absolute Gasteiger partial charge is 0.424 e. The smallest absolute Gasteiger partial charge is 0.417 e. The second-order valence-corrected chi connectivity index (χ2v) is 6.34. The lowest BCUT2D eigenvalue weighted by molar-refractivity contribution is -0.137. The van der Waals surface area contributed by atoms with Gasteiger partial charge in [0.05, 0.1) is 10.6 Å². The Bertz CT molecular complexity index is 1140. The van der Waals surface area contributed by atoms with E-state index in [4.69, 9.17) is 21.5 Å². The van der Waals surface area contributed by atoms with E-state index in [1.54, 1.807) is 0 Å². The first-order chi connectivity index (χ1) is 15.2. The fraction of sp³-hybridized carbons (Fsp3) is 0.0556. The summed E-state index contributed by atoms with van der Waals surface area (Å²) >= 11 is 5.55. The zero-order valence-corrected chi connectivity index (χ0v) is 16.4. The molecule has 10 nitrogen and oxygen atoms in total. The van der Waals surface area contributed by atoms with Crippen molar-refractivity contribution in [3.63, 3.8) is 0 Å². The molecule has 0 fully saturated rings. The minimum absolute atomic E-state index is 0.100. The minimum Gasteiger partial charge on any atom is -0.424 e. The minimum atomic E-state index is -4.66. The van der Waals surface area contributed by atoms with E-state index < -0.39 is 28.7 Å². The van der Waals surface area contributed by atoms with Gasteiger partial charge in [-0.05, 0) is 42.5 Å². The van der Waals surface area contributed by atoms with Crippen molar-refractivity contribution in [3.05, 3.63) is 65.2 Å². The molecule has 3 rings (SSSR count). The molecule has 0 unspecified atom stereocenters. The Morgan fingerprint density at radius 1 is 1.00 bits per heavy atom. The third-order valence-electron chi connectivity index (χ3n) is 3.71. The van der Waals surface area contributed by atoms with Gasteiger partial charge in [-0.2, -0.15) is 23.1 Å². The van der Waals surface area contributed by atoms with Crippen LogP contribution in [0.3, 0.4) is 0 Å². The Labute approximate surface area is 182 Å². The number of hydrogen-bond acceptors (Lipinski definition) is 7. The standard InChI is InChI=1S/C18H12ClF3N6O4/c19-13-6-3-10(7-12(13)18(20,21)22)26-16(30)25-9-1-4-11(5-2-9)32-17-24-8-23-14(27-17)15(29)28-31/h1-8,31H,(H,28,29)(H2,25,26,30). The van der Waals surface area contributed by atoms with Crippen LogP contribution in [0.1, 0.15) is 16.2 Å². The number of anilines is 2. The molecule has 0 spiro atoms. The zero-order valence-electron chi connectivity index (χ0n) is 15.6. The first kappa shape index (κ1) is 22.7. The highest BCUT2D eigenvalue weighted by Crippen LogP contribution is 2.36. The molecule has 0 radical (unpaired) electrons. The van der Waals surface area contributed by atoms with E-state index in [0.717, 1.165) is 18.5 Å². The van der Waals surface area contributed by atoms with Gasteiger partial charge >= 0.3 is 24.1 Å². The summed E-state index contributed by atoms with van der Waals surface area (Å²) in [7, 11) is 0. The molecule has 2 aromatic carbocycles. The first-order valence-electron chi connectivity index (χ1n) is 8.52. The summed E-state index contributed by atoms with van der Waals surface area (Å²) in [6, 6.07) is 7.74. The van der Waals surface area contributed by atoms with Crippen molar-refractivity contribution in [1.29, 1.82) is 0 Å². The second-order valence-electron chi connectivity index (χ2n) is 5.93. The van der Waals surface area contributed by atoms with Crippen LogP contribution in [-0.2, 0) is 6.18 Å². The average Bonchev–Trinajstić information content (AvgIpc) is 2.75. The lowest BCUT2D eigenvalue weighted by Crippen LogP contribution is -2.21. The van der Waals surface area contributed by atoms with Crippen molar-refractivity contribution in [2.24, 2.45) is 0 Å². The molecule has 0 aliphatic carbocycles. The summed E-state index contributed by atoms with van der Waals surface area (Å²) < 4.78 is 44.1. The molecule has 3 aromatic rings. The monoisotopic (exact) mass is 468 g/mol. The number of halogens is 4. The molecule has 1 aromatic heterocycles. The van der Waals surface area contributed by atoms with Gasteiger partial charge in [-0.3, -0.25) is 10.0 Å². The number of amides is 3.